The lowest BCUT2D eigenvalue weighted by atomic mass is 10.1. The van der Waals surface area contributed by atoms with Crippen molar-refractivity contribution in [3.63, 3.8) is 0 Å². The first kappa shape index (κ1) is 11.5. The monoisotopic (exact) mass is 240 g/mol. The first-order valence-electron chi connectivity index (χ1n) is 5.78. The standard InChI is InChI=1S/C12H17ClN2O/c1-2-16-12-5-3-4-11(14-12)15-8-6-10(13)7-9-15/h3-5,10H,2,6-9H2,1H3. The molecule has 0 aliphatic carbocycles. The van der Waals surface area contributed by atoms with Crippen molar-refractivity contribution in [3.8, 4) is 5.88 Å². The SMILES string of the molecule is CCOc1cccc(N2CCC(Cl)CC2)n1. The van der Waals surface area contributed by atoms with Crippen molar-refractivity contribution in [2.75, 3.05) is 24.6 Å². The molecule has 0 radical (unpaired) electrons. The van der Waals surface area contributed by atoms with Crippen LogP contribution in [0.1, 0.15) is 19.8 Å². The number of anilines is 1. The maximum Gasteiger partial charge on any atom is 0.215 e. The highest BCUT2D eigenvalue weighted by atomic mass is 35.5. The topological polar surface area (TPSA) is 25.4 Å². The highest BCUT2D eigenvalue weighted by Gasteiger charge is 2.18. The predicted octanol–water partition coefficient (Wildman–Crippen LogP) is 2.69. The summed E-state index contributed by atoms with van der Waals surface area (Å²) >= 11 is 6.08. The van der Waals surface area contributed by atoms with Crippen LogP contribution in [0.5, 0.6) is 5.88 Å². The van der Waals surface area contributed by atoms with E-state index in [1.54, 1.807) is 0 Å². The van der Waals surface area contributed by atoms with E-state index in [0.29, 0.717) is 17.9 Å². The third-order valence-electron chi connectivity index (χ3n) is 2.75. The van der Waals surface area contributed by atoms with Gasteiger partial charge in [0.15, 0.2) is 0 Å². The number of piperidine rings is 1. The second-order valence-electron chi connectivity index (χ2n) is 3.93. The van der Waals surface area contributed by atoms with Gasteiger partial charge in [0.05, 0.1) is 6.61 Å². The lowest BCUT2D eigenvalue weighted by Crippen LogP contribution is -2.34. The number of nitrogens with zero attached hydrogens (tertiary/aromatic N) is 2. The zero-order valence-corrected chi connectivity index (χ0v) is 10.3. The van der Waals surface area contributed by atoms with Crippen LogP contribution in [-0.4, -0.2) is 30.1 Å². The Kier molecular flexibility index (Phi) is 3.88. The number of rotatable bonds is 3. The largest absolute Gasteiger partial charge is 0.478 e. The Bertz CT molecular complexity index is 338. The van der Waals surface area contributed by atoms with Gasteiger partial charge in [-0.15, -0.1) is 11.6 Å². The summed E-state index contributed by atoms with van der Waals surface area (Å²) < 4.78 is 5.39. The van der Waals surface area contributed by atoms with Gasteiger partial charge in [0.1, 0.15) is 5.82 Å². The Hall–Kier alpha value is -0.960. The molecule has 0 amide bonds. The fourth-order valence-electron chi connectivity index (χ4n) is 1.89. The van der Waals surface area contributed by atoms with Gasteiger partial charge >= 0.3 is 0 Å². The summed E-state index contributed by atoms with van der Waals surface area (Å²) in [5.74, 6) is 1.70. The maximum absolute atomic E-state index is 6.08. The Labute approximate surface area is 101 Å². The maximum atomic E-state index is 6.08. The number of halogens is 1. The second-order valence-corrected chi connectivity index (χ2v) is 4.55. The summed E-state index contributed by atoms with van der Waals surface area (Å²) in [6, 6.07) is 5.90. The van der Waals surface area contributed by atoms with Crippen molar-refractivity contribution in [2.24, 2.45) is 0 Å². The molecule has 3 nitrogen and oxygen atoms in total. The average Bonchev–Trinajstić information content (AvgIpc) is 2.31. The minimum Gasteiger partial charge on any atom is -0.478 e. The molecule has 1 saturated heterocycles. The minimum absolute atomic E-state index is 0.325. The van der Waals surface area contributed by atoms with Crippen LogP contribution in [0.15, 0.2) is 18.2 Å². The van der Waals surface area contributed by atoms with E-state index in [-0.39, 0.29) is 0 Å². The molecule has 2 heterocycles. The van der Waals surface area contributed by atoms with Gasteiger partial charge in [0, 0.05) is 24.5 Å². The molecule has 88 valence electrons. The van der Waals surface area contributed by atoms with E-state index in [9.17, 15) is 0 Å². The first-order chi connectivity index (χ1) is 7.79. The van der Waals surface area contributed by atoms with Crippen LogP contribution in [0.25, 0.3) is 0 Å². The average molecular weight is 241 g/mol. The molecule has 0 N–H and O–H groups in total. The second kappa shape index (κ2) is 5.39. The molecule has 0 spiro atoms. The summed E-state index contributed by atoms with van der Waals surface area (Å²) in [5, 5.41) is 0.325. The van der Waals surface area contributed by atoms with E-state index in [1.165, 1.54) is 0 Å². The third kappa shape index (κ3) is 2.79. The Balaban J connectivity index is 2.05. The van der Waals surface area contributed by atoms with Crippen LogP contribution in [0.2, 0.25) is 0 Å². The van der Waals surface area contributed by atoms with Gasteiger partial charge in [-0.25, -0.2) is 0 Å². The molecule has 0 saturated carbocycles. The molecule has 16 heavy (non-hydrogen) atoms. The first-order valence-corrected chi connectivity index (χ1v) is 6.22. The summed E-state index contributed by atoms with van der Waals surface area (Å²) in [6.07, 6.45) is 2.06. The minimum atomic E-state index is 0.325. The fourth-order valence-corrected chi connectivity index (χ4v) is 2.08. The Morgan fingerprint density at radius 3 is 2.88 bits per heavy atom. The molecule has 1 aromatic heterocycles. The van der Waals surface area contributed by atoms with Gasteiger partial charge in [-0.1, -0.05) is 6.07 Å². The quantitative estimate of drug-likeness (QED) is 0.760. The number of pyridine rings is 1. The molecule has 1 aromatic rings. The molecule has 0 aromatic carbocycles. The number of hydrogen-bond acceptors (Lipinski definition) is 3. The number of hydrogen-bond donors (Lipinski definition) is 0. The molecule has 1 aliphatic rings. The summed E-state index contributed by atoms with van der Waals surface area (Å²) in [4.78, 5) is 6.74. The van der Waals surface area contributed by atoms with Gasteiger partial charge < -0.3 is 9.64 Å². The zero-order valence-electron chi connectivity index (χ0n) is 9.53. The summed E-state index contributed by atoms with van der Waals surface area (Å²) in [5.41, 5.74) is 0. The van der Waals surface area contributed by atoms with Crippen LogP contribution in [0, 0.1) is 0 Å². The molecule has 1 aliphatic heterocycles. The van der Waals surface area contributed by atoms with E-state index in [2.05, 4.69) is 9.88 Å². The molecule has 4 heteroatoms. The van der Waals surface area contributed by atoms with E-state index in [1.807, 2.05) is 25.1 Å². The highest BCUT2D eigenvalue weighted by molar-refractivity contribution is 6.20. The molecular formula is C12H17ClN2O. The van der Waals surface area contributed by atoms with Crippen LogP contribution in [0.3, 0.4) is 0 Å². The van der Waals surface area contributed by atoms with Crippen LogP contribution in [-0.2, 0) is 0 Å². The van der Waals surface area contributed by atoms with Gasteiger partial charge in [0.2, 0.25) is 5.88 Å². The molecule has 2 rings (SSSR count). The van der Waals surface area contributed by atoms with Crippen molar-refractivity contribution in [1.29, 1.82) is 0 Å². The predicted molar refractivity (Wildman–Crippen MR) is 66.5 cm³/mol. The van der Waals surface area contributed by atoms with Crippen LogP contribution >= 0.6 is 11.6 Å². The van der Waals surface area contributed by atoms with Crippen molar-refractivity contribution in [1.82, 2.24) is 4.98 Å². The normalized spacial score (nSPS) is 17.5. The smallest absolute Gasteiger partial charge is 0.215 e. The molecular weight excluding hydrogens is 224 g/mol. The fraction of sp³-hybridized carbons (Fsp3) is 0.583. The zero-order chi connectivity index (χ0) is 11.4. The summed E-state index contributed by atoms with van der Waals surface area (Å²) in [6.45, 7) is 4.58. The van der Waals surface area contributed by atoms with E-state index < -0.39 is 0 Å². The van der Waals surface area contributed by atoms with Gasteiger partial charge in [-0.2, -0.15) is 4.98 Å². The summed E-state index contributed by atoms with van der Waals surface area (Å²) in [7, 11) is 0. The Morgan fingerprint density at radius 1 is 1.44 bits per heavy atom. The van der Waals surface area contributed by atoms with E-state index >= 15 is 0 Å². The van der Waals surface area contributed by atoms with Gasteiger partial charge in [0.25, 0.3) is 0 Å². The molecule has 0 atom stereocenters. The molecule has 0 bridgehead atoms. The molecule has 0 unspecified atom stereocenters. The van der Waals surface area contributed by atoms with Crippen molar-refractivity contribution >= 4 is 17.4 Å². The lowest BCUT2D eigenvalue weighted by molar-refractivity contribution is 0.327. The lowest BCUT2D eigenvalue weighted by Gasteiger charge is -2.30. The van der Waals surface area contributed by atoms with E-state index in [0.717, 1.165) is 31.7 Å². The van der Waals surface area contributed by atoms with Gasteiger partial charge in [-0.05, 0) is 25.8 Å². The third-order valence-corrected chi connectivity index (χ3v) is 3.19. The van der Waals surface area contributed by atoms with Crippen molar-refractivity contribution in [3.05, 3.63) is 18.2 Å². The van der Waals surface area contributed by atoms with Crippen LogP contribution in [0.4, 0.5) is 5.82 Å². The van der Waals surface area contributed by atoms with Crippen molar-refractivity contribution < 1.29 is 4.74 Å². The molecule has 1 fully saturated rings. The van der Waals surface area contributed by atoms with Crippen LogP contribution < -0.4 is 9.64 Å². The Morgan fingerprint density at radius 2 is 2.19 bits per heavy atom. The van der Waals surface area contributed by atoms with Gasteiger partial charge in [-0.3, -0.25) is 0 Å². The number of alkyl halides is 1. The highest BCUT2D eigenvalue weighted by Crippen LogP contribution is 2.22. The van der Waals surface area contributed by atoms with E-state index in [4.69, 9.17) is 16.3 Å². The van der Waals surface area contributed by atoms with Crippen molar-refractivity contribution in [2.45, 2.75) is 25.1 Å². The number of ether oxygens (including phenoxy) is 1. The number of aromatic nitrogens is 1.